The Morgan fingerprint density at radius 3 is 2.59 bits per heavy atom. The van der Waals surface area contributed by atoms with E-state index in [1.165, 1.54) is 0 Å². The summed E-state index contributed by atoms with van der Waals surface area (Å²) < 4.78 is 11.1. The summed E-state index contributed by atoms with van der Waals surface area (Å²) in [7, 11) is 0. The van der Waals surface area contributed by atoms with Crippen LogP contribution in [0.3, 0.4) is 0 Å². The Labute approximate surface area is 222 Å². The lowest BCUT2D eigenvalue weighted by atomic mass is 10.1. The molecule has 4 rings (SSSR count). The number of hydrogen-bond acceptors (Lipinski definition) is 6. The maximum atomic E-state index is 11.8. The molecule has 2 aliphatic rings. The predicted octanol–water partition coefficient (Wildman–Crippen LogP) is 2.46. The quantitative estimate of drug-likeness (QED) is 0.116. The van der Waals surface area contributed by atoms with Crippen LogP contribution in [0.4, 0.5) is 5.69 Å². The zero-order valence-corrected chi connectivity index (χ0v) is 22.0. The Morgan fingerprint density at radius 1 is 1.27 bits per heavy atom. The van der Waals surface area contributed by atoms with Crippen LogP contribution in [0.25, 0.3) is 0 Å². The maximum absolute atomic E-state index is 11.8. The first-order chi connectivity index (χ1) is 17.8. The fraction of sp³-hybridized carbons (Fsp3) is 0.462. The fourth-order valence-corrected chi connectivity index (χ4v) is 4.52. The summed E-state index contributed by atoms with van der Waals surface area (Å²) in [5, 5.41) is 15.1. The van der Waals surface area contributed by atoms with Gasteiger partial charge in [0.25, 0.3) is 0 Å². The van der Waals surface area contributed by atoms with Gasteiger partial charge < -0.3 is 35.7 Å². The molecule has 2 saturated heterocycles. The molecule has 0 spiro atoms. The van der Waals surface area contributed by atoms with Gasteiger partial charge in [-0.25, -0.2) is 4.99 Å². The number of benzene rings is 1. The van der Waals surface area contributed by atoms with E-state index in [4.69, 9.17) is 37.8 Å². The smallest absolute Gasteiger partial charge is 0.323 e. The molecule has 0 radical (unpaired) electrons. The number of esters is 1. The molecule has 6 N–H and O–H groups in total. The van der Waals surface area contributed by atoms with Crippen LogP contribution in [0, 0.1) is 11.3 Å². The molecule has 2 bridgehead atoms. The van der Waals surface area contributed by atoms with Crippen molar-refractivity contribution in [3.8, 4) is 0 Å². The van der Waals surface area contributed by atoms with Gasteiger partial charge in [0.15, 0.2) is 16.8 Å². The zero-order valence-electron chi connectivity index (χ0n) is 21.2. The molecule has 3 atom stereocenters. The van der Waals surface area contributed by atoms with Crippen LogP contribution in [0.1, 0.15) is 37.9 Å². The molecular weight excluding hydrogens is 490 g/mol. The molecule has 2 aromatic rings. The second kappa shape index (κ2) is 12.3. The first kappa shape index (κ1) is 26.8. The van der Waals surface area contributed by atoms with Crippen molar-refractivity contribution < 1.29 is 14.3 Å². The van der Waals surface area contributed by atoms with Gasteiger partial charge in [-0.2, -0.15) is 0 Å². The number of H-pyrrole nitrogens is 1. The number of carbonyl (C=O) groups is 1. The van der Waals surface area contributed by atoms with E-state index in [1.54, 1.807) is 0 Å². The molecule has 1 aromatic heterocycles. The largest absolute Gasteiger partial charge is 0.463 e. The van der Waals surface area contributed by atoms with Crippen molar-refractivity contribution in [2.75, 3.05) is 31.6 Å². The van der Waals surface area contributed by atoms with Crippen LogP contribution in [-0.4, -0.2) is 77.1 Å². The van der Waals surface area contributed by atoms with Gasteiger partial charge >= 0.3 is 5.97 Å². The highest BCUT2D eigenvalue weighted by atomic mass is 32.1. The monoisotopic (exact) mass is 525 g/mol. The van der Waals surface area contributed by atoms with Crippen LogP contribution in [0.5, 0.6) is 0 Å². The Balaban J connectivity index is 1.31. The van der Waals surface area contributed by atoms with Crippen molar-refractivity contribution in [2.24, 2.45) is 16.6 Å². The van der Waals surface area contributed by atoms with Gasteiger partial charge in [-0.05, 0) is 67.4 Å². The molecule has 2 fully saturated rings. The number of fused-ring (bicyclic) bond motifs is 2. The fourth-order valence-electron chi connectivity index (χ4n) is 4.30. The average Bonchev–Trinajstić information content (AvgIpc) is 3.54. The lowest BCUT2D eigenvalue weighted by molar-refractivity contribution is -0.146. The number of thiocarbonyl (C=S) groups is 1. The van der Waals surface area contributed by atoms with Crippen LogP contribution >= 0.6 is 12.2 Å². The van der Waals surface area contributed by atoms with E-state index in [9.17, 15) is 4.79 Å². The standard InChI is InChI=1S/C26H35N7O3S/c1-16(2)22(27)25(34)35-13-12-30-26(37)31-18-7-5-17(6-8-18)23(28)32-24(21-4-3-11-29-21)33-14-19-9-10-20(15-33)36-19/h3-8,11,16,19-20,22,28-29H,9-10,12-15,27H2,1-2H3,(H2,30,31,37)/b28-23?,32-24+/t19-,20-,22+/m0/s1. The van der Waals surface area contributed by atoms with Crippen molar-refractivity contribution in [1.29, 1.82) is 5.41 Å². The van der Waals surface area contributed by atoms with Crippen LogP contribution < -0.4 is 16.4 Å². The molecule has 0 aliphatic carbocycles. The van der Waals surface area contributed by atoms with E-state index in [-0.39, 0.29) is 30.6 Å². The lowest BCUT2D eigenvalue weighted by Gasteiger charge is -2.34. The maximum Gasteiger partial charge on any atom is 0.323 e. The van der Waals surface area contributed by atoms with Crippen molar-refractivity contribution in [3.05, 3.63) is 53.9 Å². The number of aromatic nitrogens is 1. The van der Waals surface area contributed by atoms with Gasteiger partial charge in [-0.1, -0.05) is 13.8 Å². The Hall–Kier alpha value is -3.28. The first-order valence-electron chi connectivity index (χ1n) is 12.6. The third-order valence-electron chi connectivity index (χ3n) is 6.44. The Bertz CT molecular complexity index is 1110. The molecule has 0 unspecified atom stereocenters. The number of hydrogen-bond donors (Lipinski definition) is 5. The van der Waals surface area contributed by atoms with Crippen molar-refractivity contribution in [2.45, 2.75) is 44.9 Å². The Morgan fingerprint density at radius 2 is 1.97 bits per heavy atom. The topological polar surface area (TPSA) is 141 Å². The number of aromatic amines is 1. The summed E-state index contributed by atoms with van der Waals surface area (Å²) in [4.78, 5) is 22.0. The number of rotatable bonds is 8. The Kier molecular flexibility index (Phi) is 8.91. The van der Waals surface area contributed by atoms with Gasteiger partial charge in [0.05, 0.1) is 24.4 Å². The van der Waals surface area contributed by atoms with Crippen molar-refractivity contribution >= 4 is 40.7 Å². The number of nitrogens with zero attached hydrogens (tertiary/aromatic N) is 2. The number of nitrogens with one attached hydrogen (secondary N) is 4. The number of likely N-dealkylation sites (tertiary alicyclic amines) is 1. The van der Waals surface area contributed by atoms with Crippen LogP contribution in [0.15, 0.2) is 47.6 Å². The number of nitrogens with two attached hydrogens (primary N) is 1. The number of ether oxygens (including phenoxy) is 2. The van der Waals surface area contributed by atoms with Gasteiger partial charge in [0.2, 0.25) is 0 Å². The summed E-state index contributed by atoms with van der Waals surface area (Å²) in [6.07, 6.45) is 4.45. The van der Waals surface area contributed by atoms with E-state index >= 15 is 0 Å². The van der Waals surface area contributed by atoms with Gasteiger partial charge in [-0.15, -0.1) is 0 Å². The number of carbonyl (C=O) groups excluding carboxylic acids is 1. The highest BCUT2D eigenvalue weighted by molar-refractivity contribution is 7.80. The minimum Gasteiger partial charge on any atom is -0.463 e. The molecule has 2 aliphatic heterocycles. The summed E-state index contributed by atoms with van der Waals surface area (Å²) >= 11 is 5.32. The van der Waals surface area contributed by atoms with Crippen LogP contribution in [-0.2, 0) is 14.3 Å². The number of anilines is 1. The normalized spacial score (nSPS) is 20.0. The highest BCUT2D eigenvalue weighted by Gasteiger charge is 2.35. The molecule has 37 heavy (non-hydrogen) atoms. The van der Waals surface area contributed by atoms with E-state index in [0.717, 1.165) is 43.1 Å². The summed E-state index contributed by atoms with van der Waals surface area (Å²) in [6, 6.07) is 10.6. The molecule has 11 heteroatoms. The highest BCUT2D eigenvalue weighted by Crippen LogP contribution is 2.27. The molecule has 1 aromatic carbocycles. The number of amidine groups is 2. The summed E-state index contributed by atoms with van der Waals surface area (Å²) in [5.74, 6) is 0.541. The summed E-state index contributed by atoms with van der Waals surface area (Å²) in [6.45, 7) is 5.83. The predicted molar refractivity (Wildman–Crippen MR) is 148 cm³/mol. The second-order valence-electron chi connectivity index (χ2n) is 9.63. The van der Waals surface area contributed by atoms with Crippen molar-refractivity contribution in [1.82, 2.24) is 15.2 Å². The minimum absolute atomic E-state index is 0.0212. The van der Waals surface area contributed by atoms with Gasteiger partial charge in [0.1, 0.15) is 12.6 Å². The van der Waals surface area contributed by atoms with E-state index < -0.39 is 12.0 Å². The zero-order chi connectivity index (χ0) is 26.4. The van der Waals surface area contributed by atoms with Gasteiger partial charge in [-0.3, -0.25) is 10.2 Å². The second-order valence-corrected chi connectivity index (χ2v) is 10.0. The molecule has 198 valence electrons. The van der Waals surface area contributed by atoms with E-state index in [0.29, 0.717) is 17.2 Å². The van der Waals surface area contributed by atoms with E-state index in [2.05, 4.69) is 20.5 Å². The molecular formula is C26H35N7O3S. The number of aliphatic imine (C=N–C) groups is 1. The molecule has 0 saturated carbocycles. The molecule has 10 nitrogen and oxygen atoms in total. The lowest BCUT2D eigenvalue weighted by Crippen LogP contribution is -2.46. The minimum atomic E-state index is -0.630. The third kappa shape index (κ3) is 7.15. The molecule has 0 amide bonds. The summed E-state index contributed by atoms with van der Waals surface area (Å²) in [5.41, 5.74) is 8.12. The van der Waals surface area contributed by atoms with Gasteiger partial charge in [0, 0.05) is 30.5 Å². The van der Waals surface area contributed by atoms with Crippen LogP contribution in [0.2, 0.25) is 0 Å². The first-order valence-corrected chi connectivity index (χ1v) is 13.0. The third-order valence-corrected chi connectivity index (χ3v) is 6.68. The SMILES string of the molecule is CC(C)[C@@H](N)C(=O)OCCNC(=S)Nc1ccc(C(=N)/N=C(\c2ccc[nH]2)N2C[C@@H]3CC[C@@H](C2)O3)cc1. The van der Waals surface area contributed by atoms with E-state index in [1.807, 2.05) is 56.4 Å². The molecule has 3 heterocycles. The average molecular weight is 526 g/mol. The van der Waals surface area contributed by atoms with Crippen molar-refractivity contribution in [3.63, 3.8) is 0 Å². The number of morpholine rings is 1.